The molecule has 1 aromatic carbocycles. The molecule has 0 fully saturated rings. The van der Waals surface area contributed by atoms with E-state index in [-0.39, 0.29) is 11.2 Å². The van der Waals surface area contributed by atoms with E-state index < -0.39 is 0 Å². The minimum Gasteiger partial charge on any atom is -0.493 e. The summed E-state index contributed by atoms with van der Waals surface area (Å²) < 4.78 is 17.0. The third kappa shape index (κ3) is 3.43. The van der Waals surface area contributed by atoms with Crippen LogP contribution in [0.4, 0.5) is 0 Å². The lowest BCUT2D eigenvalue weighted by Crippen LogP contribution is -2.15. The Morgan fingerprint density at radius 1 is 1.08 bits per heavy atom. The number of methoxy groups -OCH3 is 3. The first-order valence-corrected chi connectivity index (χ1v) is 8.64. The molecule has 0 N–H and O–H groups in total. The standard InChI is InChI=1S/C17H18N4O4S/c1-10(17(22)25-4)26-15-8-7-14-18-19-16(21(14)20-15)11-5-6-12(23-2)13(9-11)24-3/h5-10H,1-4H3. The Labute approximate surface area is 154 Å². The van der Waals surface area contributed by atoms with Crippen molar-refractivity contribution in [2.75, 3.05) is 21.3 Å². The first-order valence-electron chi connectivity index (χ1n) is 7.76. The fraction of sp³-hybridized carbons (Fsp3) is 0.294. The maximum Gasteiger partial charge on any atom is 0.318 e. The summed E-state index contributed by atoms with van der Waals surface area (Å²) in [6.07, 6.45) is 0. The van der Waals surface area contributed by atoms with Crippen molar-refractivity contribution in [3.63, 3.8) is 0 Å². The molecule has 0 spiro atoms. The van der Waals surface area contributed by atoms with E-state index in [1.165, 1.54) is 18.9 Å². The first-order chi connectivity index (χ1) is 12.6. The van der Waals surface area contributed by atoms with Gasteiger partial charge in [-0.3, -0.25) is 4.79 Å². The molecule has 0 radical (unpaired) electrons. The van der Waals surface area contributed by atoms with Crippen LogP contribution < -0.4 is 9.47 Å². The number of hydrogen-bond acceptors (Lipinski definition) is 8. The molecule has 136 valence electrons. The van der Waals surface area contributed by atoms with Gasteiger partial charge in [0.15, 0.2) is 23.0 Å². The Bertz CT molecular complexity index is 944. The van der Waals surface area contributed by atoms with Crippen LogP contribution in [0.15, 0.2) is 35.4 Å². The number of benzene rings is 1. The molecule has 8 nitrogen and oxygen atoms in total. The predicted octanol–water partition coefficient (Wildman–Crippen LogP) is 2.46. The molecule has 1 unspecified atom stereocenters. The maximum atomic E-state index is 11.6. The van der Waals surface area contributed by atoms with Gasteiger partial charge in [0.2, 0.25) is 0 Å². The Hall–Kier alpha value is -2.81. The van der Waals surface area contributed by atoms with Gasteiger partial charge in [-0.25, -0.2) is 0 Å². The van der Waals surface area contributed by atoms with E-state index in [0.717, 1.165) is 5.56 Å². The third-order valence-electron chi connectivity index (χ3n) is 3.71. The van der Waals surface area contributed by atoms with Crippen LogP contribution in [0.3, 0.4) is 0 Å². The summed E-state index contributed by atoms with van der Waals surface area (Å²) in [6, 6.07) is 9.07. The van der Waals surface area contributed by atoms with E-state index in [4.69, 9.17) is 14.2 Å². The maximum absolute atomic E-state index is 11.6. The van der Waals surface area contributed by atoms with Gasteiger partial charge in [0, 0.05) is 5.56 Å². The summed E-state index contributed by atoms with van der Waals surface area (Å²) in [4.78, 5) is 11.6. The molecule has 0 aliphatic carbocycles. The van der Waals surface area contributed by atoms with Crippen molar-refractivity contribution >= 4 is 23.4 Å². The van der Waals surface area contributed by atoms with Crippen molar-refractivity contribution in [2.24, 2.45) is 0 Å². The number of ether oxygens (including phenoxy) is 3. The highest BCUT2D eigenvalue weighted by atomic mass is 32.2. The molecule has 3 aromatic rings. The van der Waals surface area contributed by atoms with Crippen LogP contribution in [0, 0.1) is 0 Å². The Morgan fingerprint density at radius 2 is 1.85 bits per heavy atom. The lowest BCUT2D eigenvalue weighted by atomic mass is 10.2. The van der Waals surface area contributed by atoms with E-state index >= 15 is 0 Å². The zero-order valence-electron chi connectivity index (χ0n) is 14.8. The zero-order valence-corrected chi connectivity index (χ0v) is 15.6. The lowest BCUT2D eigenvalue weighted by molar-refractivity contribution is -0.139. The minimum atomic E-state index is -0.369. The molecule has 0 saturated carbocycles. The van der Waals surface area contributed by atoms with E-state index in [2.05, 4.69) is 15.3 Å². The Balaban J connectivity index is 1.99. The molecule has 1 atom stereocenters. The van der Waals surface area contributed by atoms with Crippen molar-refractivity contribution < 1.29 is 19.0 Å². The van der Waals surface area contributed by atoms with Crippen LogP contribution in [0.5, 0.6) is 11.5 Å². The average Bonchev–Trinajstić information content (AvgIpc) is 3.09. The van der Waals surface area contributed by atoms with Gasteiger partial charge in [0.1, 0.15) is 10.3 Å². The van der Waals surface area contributed by atoms with Crippen LogP contribution in [0.25, 0.3) is 17.0 Å². The number of thioether (sulfide) groups is 1. The van der Waals surface area contributed by atoms with Gasteiger partial charge in [0.05, 0.1) is 21.3 Å². The molecule has 0 aliphatic heterocycles. The zero-order chi connectivity index (χ0) is 18.7. The molecular weight excluding hydrogens is 356 g/mol. The summed E-state index contributed by atoms with van der Waals surface area (Å²) in [5, 5.41) is 13.2. The first kappa shape index (κ1) is 18.0. The summed E-state index contributed by atoms with van der Waals surface area (Å²) in [6.45, 7) is 1.77. The van der Waals surface area contributed by atoms with Crippen LogP contribution in [0.2, 0.25) is 0 Å². The van der Waals surface area contributed by atoms with Crippen molar-refractivity contribution in [1.29, 1.82) is 0 Å². The molecule has 3 rings (SSSR count). The second-order valence-electron chi connectivity index (χ2n) is 5.32. The average molecular weight is 374 g/mol. The lowest BCUT2D eigenvalue weighted by Gasteiger charge is -2.09. The topological polar surface area (TPSA) is 87.8 Å². The van der Waals surface area contributed by atoms with Crippen LogP contribution in [-0.4, -0.2) is 52.4 Å². The highest BCUT2D eigenvalue weighted by Gasteiger charge is 2.17. The van der Waals surface area contributed by atoms with E-state index in [1.54, 1.807) is 43.9 Å². The fourth-order valence-electron chi connectivity index (χ4n) is 2.39. The Kier molecular flexibility index (Phi) is 5.27. The molecule has 0 bridgehead atoms. The van der Waals surface area contributed by atoms with Gasteiger partial charge in [-0.2, -0.15) is 9.61 Å². The van der Waals surface area contributed by atoms with Crippen LogP contribution in [0.1, 0.15) is 6.92 Å². The van der Waals surface area contributed by atoms with Gasteiger partial charge in [-0.15, -0.1) is 10.2 Å². The quantitative estimate of drug-likeness (QED) is 0.480. The summed E-state index contributed by atoms with van der Waals surface area (Å²) in [5.74, 6) is 1.47. The largest absolute Gasteiger partial charge is 0.493 e. The summed E-state index contributed by atoms with van der Waals surface area (Å²) >= 11 is 1.31. The fourth-order valence-corrected chi connectivity index (χ4v) is 3.22. The highest BCUT2D eigenvalue weighted by molar-refractivity contribution is 8.00. The van der Waals surface area contributed by atoms with Gasteiger partial charge in [-0.1, -0.05) is 11.8 Å². The second kappa shape index (κ2) is 7.61. The van der Waals surface area contributed by atoms with E-state index in [1.807, 2.05) is 12.1 Å². The molecule has 26 heavy (non-hydrogen) atoms. The van der Waals surface area contributed by atoms with Crippen LogP contribution in [-0.2, 0) is 9.53 Å². The number of carbonyl (C=O) groups is 1. The SMILES string of the molecule is COC(=O)C(C)Sc1ccc2nnc(-c3ccc(OC)c(OC)c3)n2n1. The molecule has 0 aliphatic rings. The number of hydrogen-bond donors (Lipinski definition) is 0. The number of rotatable bonds is 6. The number of nitrogens with zero attached hydrogens (tertiary/aromatic N) is 4. The molecule has 9 heteroatoms. The molecule has 2 heterocycles. The monoisotopic (exact) mass is 374 g/mol. The van der Waals surface area contributed by atoms with Crippen LogP contribution >= 0.6 is 11.8 Å². The van der Waals surface area contributed by atoms with Crippen molar-refractivity contribution in [3.05, 3.63) is 30.3 Å². The van der Waals surface area contributed by atoms with Gasteiger partial charge >= 0.3 is 5.97 Å². The number of aromatic nitrogens is 4. The number of carbonyl (C=O) groups excluding carboxylic acids is 1. The number of fused-ring (bicyclic) bond motifs is 1. The summed E-state index contributed by atoms with van der Waals surface area (Å²) in [5.41, 5.74) is 1.38. The number of esters is 1. The third-order valence-corrected chi connectivity index (χ3v) is 4.72. The normalized spacial score (nSPS) is 12.0. The molecule has 0 amide bonds. The van der Waals surface area contributed by atoms with Crippen molar-refractivity contribution in [3.8, 4) is 22.9 Å². The minimum absolute atomic E-state index is 0.305. The van der Waals surface area contributed by atoms with E-state index in [0.29, 0.717) is 28.0 Å². The van der Waals surface area contributed by atoms with E-state index in [9.17, 15) is 4.79 Å². The highest BCUT2D eigenvalue weighted by Crippen LogP contribution is 2.32. The van der Waals surface area contributed by atoms with Crippen molar-refractivity contribution in [1.82, 2.24) is 19.8 Å². The predicted molar refractivity (Wildman–Crippen MR) is 96.7 cm³/mol. The molecule has 2 aromatic heterocycles. The molecule has 0 saturated heterocycles. The summed E-state index contributed by atoms with van der Waals surface area (Å²) in [7, 11) is 4.52. The molecular formula is C17H18N4O4S. The van der Waals surface area contributed by atoms with Gasteiger partial charge in [-0.05, 0) is 37.3 Å². The Morgan fingerprint density at radius 3 is 2.54 bits per heavy atom. The van der Waals surface area contributed by atoms with Gasteiger partial charge in [0.25, 0.3) is 0 Å². The second-order valence-corrected chi connectivity index (χ2v) is 6.68. The van der Waals surface area contributed by atoms with Gasteiger partial charge < -0.3 is 14.2 Å². The van der Waals surface area contributed by atoms with Crippen molar-refractivity contribution in [2.45, 2.75) is 17.2 Å². The smallest absolute Gasteiger partial charge is 0.318 e.